The molecule has 0 fully saturated rings. The van der Waals surface area contributed by atoms with Crippen LogP contribution in [0.25, 0.3) is 0 Å². The van der Waals surface area contributed by atoms with Gasteiger partial charge in [0.05, 0.1) is 12.3 Å². The lowest BCUT2D eigenvalue weighted by Crippen LogP contribution is -2.21. The summed E-state index contributed by atoms with van der Waals surface area (Å²) < 4.78 is 19.1. The van der Waals surface area contributed by atoms with Gasteiger partial charge in [0.2, 0.25) is 0 Å². The minimum Gasteiger partial charge on any atom is -0.491 e. The van der Waals surface area contributed by atoms with Gasteiger partial charge in [0.25, 0.3) is 0 Å². The Balaban J connectivity index is 1.56. The molecule has 1 aliphatic carbocycles. The number of fused-ring (bicyclic) bond motifs is 2. The van der Waals surface area contributed by atoms with E-state index in [9.17, 15) is 4.39 Å². The number of rotatable bonds is 2. The molecule has 1 unspecified atom stereocenters. The second-order valence-corrected chi connectivity index (χ2v) is 5.91. The number of aryl methyl sites for hydroxylation is 1. The summed E-state index contributed by atoms with van der Waals surface area (Å²) in [6.07, 6.45) is 3.99. The van der Waals surface area contributed by atoms with Crippen LogP contribution in [0.1, 0.15) is 23.1 Å². The van der Waals surface area contributed by atoms with E-state index in [0.717, 1.165) is 49.3 Å². The van der Waals surface area contributed by atoms with Crippen molar-refractivity contribution in [3.63, 3.8) is 0 Å². The molecule has 1 heterocycles. The quantitative estimate of drug-likeness (QED) is 0.906. The predicted molar refractivity (Wildman–Crippen MR) is 81.5 cm³/mol. The lowest BCUT2D eigenvalue weighted by molar-refractivity contribution is 0.289. The zero-order valence-electron chi connectivity index (χ0n) is 11.9. The summed E-state index contributed by atoms with van der Waals surface area (Å²) in [4.78, 5) is 0. The molecule has 0 radical (unpaired) electrons. The highest BCUT2D eigenvalue weighted by molar-refractivity contribution is 5.62. The largest absolute Gasteiger partial charge is 0.491 e. The zero-order valence-corrected chi connectivity index (χ0v) is 11.9. The van der Waals surface area contributed by atoms with Crippen LogP contribution in [0.3, 0.4) is 0 Å². The van der Waals surface area contributed by atoms with Gasteiger partial charge in [-0.05, 0) is 60.6 Å². The average Bonchev–Trinajstić information content (AvgIpc) is 2.89. The van der Waals surface area contributed by atoms with Gasteiger partial charge in [0.15, 0.2) is 0 Å². The third-order valence-corrected chi connectivity index (χ3v) is 4.39. The number of para-hydroxylation sites is 1. The van der Waals surface area contributed by atoms with E-state index in [0.29, 0.717) is 6.04 Å². The van der Waals surface area contributed by atoms with Gasteiger partial charge in [-0.2, -0.15) is 0 Å². The van der Waals surface area contributed by atoms with Crippen molar-refractivity contribution >= 4 is 5.69 Å². The van der Waals surface area contributed by atoms with Crippen LogP contribution in [-0.4, -0.2) is 12.6 Å². The van der Waals surface area contributed by atoms with Gasteiger partial charge in [-0.15, -0.1) is 0 Å². The second-order valence-electron chi connectivity index (χ2n) is 5.91. The molecule has 0 bridgehead atoms. The molecule has 2 nitrogen and oxygen atoms in total. The average molecular weight is 283 g/mol. The van der Waals surface area contributed by atoms with Gasteiger partial charge in [-0.25, -0.2) is 4.39 Å². The van der Waals surface area contributed by atoms with Crippen LogP contribution < -0.4 is 10.1 Å². The zero-order chi connectivity index (χ0) is 14.2. The molecule has 4 rings (SSSR count). The third-order valence-electron chi connectivity index (χ3n) is 4.39. The summed E-state index contributed by atoms with van der Waals surface area (Å²) in [6, 6.07) is 11.7. The van der Waals surface area contributed by atoms with E-state index in [-0.39, 0.29) is 5.82 Å². The number of benzene rings is 2. The Kier molecular flexibility index (Phi) is 3.06. The fourth-order valence-corrected chi connectivity index (χ4v) is 3.41. The summed E-state index contributed by atoms with van der Waals surface area (Å²) in [7, 11) is 0. The molecule has 0 spiro atoms. The van der Waals surface area contributed by atoms with Crippen LogP contribution >= 0.6 is 0 Å². The Morgan fingerprint density at radius 2 is 1.95 bits per heavy atom. The molecular weight excluding hydrogens is 265 g/mol. The van der Waals surface area contributed by atoms with E-state index < -0.39 is 0 Å². The van der Waals surface area contributed by atoms with E-state index in [1.807, 2.05) is 6.07 Å². The van der Waals surface area contributed by atoms with Crippen molar-refractivity contribution < 1.29 is 9.13 Å². The third kappa shape index (κ3) is 2.37. The minimum atomic E-state index is -0.144. The highest BCUT2D eigenvalue weighted by Gasteiger charge is 2.23. The lowest BCUT2D eigenvalue weighted by atomic mass is 10.0. The second kappa shape index (κ2) is 5.06. The first kappa shape index (κ1) is 12.7. The van der Waals surface area contributed by atoms with Crippen molar-refractivity contribution in [2.45, 2.75) is 31.7 Å². The molecule has 2 aliphatic rings. The summed E-state index contributed by atoms with van der Waals surface area (Å²) in [5.74, 6) is 0.862. The molecule has 21 heavy (non-hydrogen) atoms. The molecule has 3 heteroatoms. The molecule has 2 aromatic rings. The van der Waals surface area contributed by atoms with Crippen molar-refractivity contribution in [2.75, 3.05) is 11.9 Å². The SMILES string of the molecule is Fc1ccc2c(c1)CC(Nc1cccc3c1OCCC3)C2. The number of ether oxygens (including phenoxy) is 1. The van der Waals surface area contributed by atoms with Crippen LogP contribution in [0.15, 0.2) is 36.4 Å². The van der Waals surface area contributed by atoms with Crippen molar-refractivity contribution in [2.24, 2.45) is 0 Å². The highest BCUT2D eigenvalue weighted by atomic mass is 19.1. The monoisotopic (exact) mass is 283 g/mol. The first-order chi connectivity index (χ1) is 10.3. The molecule has 0 saturated carbocycles. The Hall–Kier alpha value is -2.03. The van der Waals surface area contributed by atoms with Crippen LogP contribution in [0.2, 0.25) is 0 Å². The summed E-state index contributed by atoms with van der Waals surface area (Å²) in [6.45, 7) is 0.793. The van der Waals surface area contributed by atoms with Crippen molar-refractivity contribution in [1.82, 2.24) is 0 Å². The van der Waals surface area contributed by atoms with Gasteiger partial charge in [-0.1, -0.05) is 18.2 Å². The summed E-state index contributed by atoms with van der Waals surface area (Å²) >= 11 is 0. The Labute approximate surface area is 123 Å². The van der Waals surface area contributed by atoms with Crippen LogP contribution in [-0.2, 0) is 19.3 Å². The Morgan fingerprint density at radius 3 is 2.90 bits per heavy atom. The van der Waals surface area contributed by atoms with Crippen LogP contribution in [0, 0.1) is 5.82 Å². The first-order valence-electron chi connectivity index (χ1n) is 7.58. The van der Waals surface area contributed by atoms with Gasteiger partial charge in [0.1, 0.15) is 11.6 Å². The predicted octanol–water partition coefficient (Wildman–Crippen LogP) is 3.73. The maximum Gasteiger partial charge on any atom is 0.145 e. The smallest absolute Gasteiger partial charge is 0.145 e. The molecule has 0 aromatic heterocycles. The fraction of sp³-hybridized carbons (Fsp3) is 0.333. The molecule has 1 atom stereocenters. The molecule has 1 aliphatic heterocycles. The molecule has 2 aromatic carbocycles. The molecule has 1 N–H and O–H groups in total. The maximum atomic E-state index is 13.3. The number of hydrogen-bond donors (Lipinski definition) is 1. The normalized spacial score (nSPS) is 19.6. The van der Waals surface area contributed by atoms with Crippen LogP contribution in [0.4, 0.5) is 10.1 Å². The van der Waals surface area contributed by atoms with Crippen LogP contribution in [0.5, 0.6) is 5.75 Å². The number of anilines is 1. The number of hydrogen-bond acceptors (Lipinski definition) is 2. The highest BCUT2D eigenvalue weighted by Crippen LogP contribution is 2.35. The van der Waals surface area contributed by atoms with E-state index in [1.165, 1.54) is 11.1 Å². The van der Waals surface area contributed by atoms with Crippen molar-refractivity contribution in [1.29, 1.82) is 0 Å². The number of nitrogens with one attached hydrogen (secondary N) is 1. The first-order valence-corrected chi connectivity index (χ1v) is 7.58. The van der Waals surface area contributed by atoms with Gasteiger partial charge in [-0.3, -0.25) is 0 Å². The molecule has 0 saturated heterocycles. The van der Waals surface area contributed by atoms with Crippen molar-refractivity contribution in [3.8, 4) is 5.75 Å². The molecule has 0 amide bonds. The van der Waals surface area contributed by atoms with Gasteiger partial charge >= 0.3 is 0 Å². The topological polar surface area (TPSA) is 21.3 Å². The van der Waals surface area contributed by atoms with Gasteiger partial charge < -0.3 is 10.1 Å². The minimum absolute atomic E-state index is 0.144. The van der Waals surface area contributed by atoms with E-state index >= 15 is 0 Å². The lowest BCUT2D eigenvalue weighted by Gasteiger charge is -2.23. The Morgan fingerprint density at radius 1 is 1.05 bits per heavy atom. The fourth-order valence-electron chi connectivity index (χ4n) is 3.41. The molecular formula is C18H18FNO. The van der Waals surface area contributed by atoms with E-state index in [4.69, 9.17) is 4.74 Å². The summed E-state index contributed by atoms with van der Waals surface area (Å²) in [5.41, 5.74) is 4.73. The van der Waals surface area contributed by atoms with E-state index in [1.54, 1.807) is 12.1 Å². The Bertz CT molecular complexity index is 683. The molecule has 108 valence electrons. The maximum absolute atomic E-state index is 13.3. The van der Waals surface area contributed by atoms with E-state index in [2.05, 4.69) is 23.5 Å². The van der Waals surface area contributed by atoms with Gasteiger partial charge in [0, 0.05) is 6.04 Å². The standard InChI is InChI=1S/C18H18FNO/c19-15-7-6-13-10-16(11-14(13)9-15)20-17-5-1-3-12-4-2-8-21-18(12)17/h1,3,5-7,9,16,20H,2,4,8,10-11H2. The number of halogens is 1. The van der Waals surface area contributed by atoms with Crippen molar-refractivity contribution in [3.05, 3.63) is 58.9 Å². The summed E-state index contributed by atoms with van der Waals surface area (Å²) in [5, 5.41) is 3.59.